The van der Waals surface area contributed by atoms with E-state index < -0.39 is 10.0 Å². The minimum absolute atomic E-state index is 0.238. The largest absolute Gasteiger partial charge is 0.329 e. The fraction of sp³-hybridized carbons (Fsp3) is 0.188. The molecule has 0 bridgehead atoms. The summed E-state index contributed by atoms with van der Waals surface area (Å²) >= 11 is 1.23. The van der Waals surface area contributed by atoms with Crippen LogP contribution in [-0.4, -0.2) is 13.4 Å². The maximum Gasteiger partial charge on any atom is 0.271 e. The third-order valence-electron chi connectivity index (χ3n) is 3.98. The lowest BCUT2D eigenvalue weighted by Gasteiger charge is -2.10. The molecule has 0 atom stereocenters. The Hall–Kier alpha value is -2.12. The molecule has 2 aromatic heterocycles. The van der Waals surface area contributed by atoms with Gasteiger partial charge in [-0.25, -0.2) is 8.42 Å². The summed E-state index contributed by atoms with van der Waals surface area (Å²) in [6, 6.07) is 8.61. The first-order valence-electron chi connectivity index (χ1n) is 7.27. The summed E-state index contributed by atoms with van der Waals surface area (Å²) < 4.78 is 28.5. The number of anilines is 1. The van der Waals surface area contributed by atoms with Crippen LogP contribution < -0.4 is 10.3 Å². The Morgan fingerprint density at radius 3 is 2.74 bits per heavy atom. The molecule has 0 unspecified atom stereocenters. The zero-order valence-corrected chi connectivity index (χ0v) is 13.7. The van der Waals surface area contributed by atoms with Crippen molar-refractivity contribution in [2.45, 2.75) is 23.0 Å². The molecule has 2 heterocycles. The van der Waals surface area contributed by atoms with E-state index in [2.05, 4.69) is 9.71 Å². The average Bonchev–Trinajstić information content (AvgIpc) is 3.24. The molecular formula is C16H14N2O3S2. The highest BCUT2D eigenvalue weighted by Gasteiger charge is 2.31. The van der Waals surface area contributed by atoms with Gasteiger partial charge in [-0.2, -0.15) is 0 Å². The van der Waals surface area contributed by atoms with Gasteiger partial charge in [0.25, 0.3) is 15.6 Å². The number of nitrogens with one attached hydrogen (secondary N) is 2. The van der Waals surface area contributed by atoms with Crippen molar-refractivity contribution < 1.29 is 8.42 Å². The van der Waals surface area contributed by atoms with Gasteiger partial charge in [0, 0.05) is 17.0 Å². The number of aromatic nitrogens is 1. The summed E-state index contributed by atoms with van der Waals surface area (Å²) in [6.45, 7) is 0. The Bertz CT molecular complexity index is 1050. The number of sulfonamides is 1. The van der Waals surface area contributed by atoms with Crippen LogP contribution in [0.2, 0.25) is 0 Å². The number of pyridine rings is 1. The summed E-state index contributed by atoms with van der Waals surface area (Å²) in [5, 5.41) is 2.86. The number of thiophene rings is 1. The van der Waals surface area contributed by atoms with Crippen LogP contribution in [-0.2, 0) is 10.0 Å². The van der Waals surface area contributed by atoms with E-state index in [1.54, 1.807) is 24.3 Å². The van der Waals surface area contributed by atoms with Crippen molar-refractivity contribution in [3.8, 4) is 0 Å². The predicted octanol–water partition coefficient (Wildman–Crippen LogP) is 3.27. The first kappa shape index (κ1) is 14.5. The minimum Gasteiger partial charge on any atom is -0.329 e. The summed E-state index contributed by atoms with van der Waals surface area (Å²) in [5.74, 6) is 0.364. The van der Waals surface area contributed by atoms with Crippen molar-refractivity contribution in [1.29, 1.82) is 0 Å². The monoisotopic (exact) mass is 346 g/mol. The van der Waals surface area contributed by atoms with Crippen LogP contribution in [0.1, 0.15) is 24.3 Å². The van der Waals surface area contributed by atoms with Gasteiger partial charge in [-0.15, -0.1) is 11.3 Å². The van der Waals surface area contributed by atoms with Gasteiger partial charge < -0.3 is 4.98 Å². The van der Waals surface area contributed by atoms with E-state index in [1.165, 1.54) is 17.5 Å². The number of hydrogen-bond acceptors (Lipinski definition) is 4. The summed E-state index contributed by atoms with van der Waals surface area (Å²) in [4.78, 5) is 14.4. The molecule has 1 aliphatic rings. The van der Waals surface area contributed by atoms with Crippen molar-refractivity contribution in [2.75, 3.05) is 4.72 Å². The lowest BCUT2D eigenvalue weighted by Crippen LogP contribution is -2.14. The highest BCUT2D eigenvalue weighted by Crippen LogP contribution is 2.45. The number of aromatic amines is 1. The Balaban J connectivity index is 1.79. The zero-order valence-electron chi connectivity index (χ0n) is 12.1. The first-order valence-corrected chi connectivity index (χ1v) is 9.63. The Morgan fingerprint density at radius 1 is 1.13 bits per heavy atom. The van der Waals surface area contributed by atoms with Crippen LogP contribution in [0.15, 0.2) is 50.9 Å². The fourth-order valence-corrected chi connectivity index (χ4v) is 5.33. The molecule has 1 saturated carbocycles. The average molecular weight is 346 g/mol. The Labute approximate surface area is 137 Å². The van der Waals surface area contributed by atoms with E-state index in [0.717, 1.165) is 18.4 Å². The van der Waals surface area contributed by atoms with Gasteiger partial charge in [0.15, 0.2) is 0 Å². The second-order valence-corrected chi connectivity index (χ2v) is 8.41. The van der Waals surface area contributed by atoms with Crippen LogP contribution >= 0.6 is 11.3 Å². The minimum atomic E-state index is -3.65. The molecule has 7 heteroatoms. The normalized spacial score (nSPS) is 15.0. The maximum atomic E-state index is 12.8. The maximum absolute atomic E-state index is 12.8. The number of H-pyrrole nitrogens is 1. The summed E-state index contributed by atoms with van der Waals surface area (Å²) in [5.41, 5.74) is 1.09. The molecule has 5 nitrogen and oxygen atoms in total. The molecule has 0 spiro atoms. The third-order valence-corrected chi connectivity index (χ3v) is 6.86. The van der Waals surface area contributed by atoms with Crippen LogP contribution in [0.3, 0.4) is 0 Å². The topological polar surface area (TPSA) is 79.0 Å². The molecular weight excluding hydrogens is 332 g/mol. The second kappa shape index (κ2) is 5.21. The van der Waals surface area contributed by atoms with Gasteiger partial charge >= 0.3 is 0 Å². The highest BCUT2D eigenvalue weighted by molar-refractivity contribution is 7.94. The molecule has 4 rings (SSSR count). The van der Waals surface area contributed by atoms with E-state index in [9.17, 15) is 13.2 Å². The second-order valence-electron chi connectivity index (χ2n) is 5.62. The van der Waals surface area contributed by atoms with E-state index in [0.29, 0.717) is 26.6 Å². The zero-order chi connectivity index (χ0) is 16.0. The lowest BCUT2D eigenvalue weighted by molar-refractivity contribution is 0.602. The first-order chi connectivity index (χ1) is 11.1. The van der Waals surface area contributed by atoms with E-state index in [-0.39, 0.29) is 5.56 Å². The number of benzene rings is 1. The van der Waals surface area contributed by atoms with E-state index in [1.807, 2.05) is 11.4 Å². The van der Waals surface area contributed by atoms with Gasteiger partial charge in [0.2, 0.25) is 0 Å². The van der Waals surface area contributed by atoms with Gasteiger partial charge in [-0.05, 0) is 54.0 Å². The molecule has 23 heavy (non-hydrogen) atoms. The fourth-order valence-electron chi connectivity index (χ4n) is 2.72. The van der Waals surface area contributed by atoms with Crippen molar-refractivity contribution >= 4 is 37.8 Å². The molecule has 0 radical (unpaired) electrons. The van der Waals surface area contributed by atoms with Crippen LogP contribution in [0.4, 0.5) is 5.69 Å². The number of rotatable bonds is 4. The van der Waals surface area contributed by atoms with Gasteiger partial charge in [-0.1, -0.05) is 6.07 Å². The molecule has 0 saturated heterocycles. The molecule has 0 amide bonds. The molecule has 118 valence electrons. The van der Waals surface area contributed by atoms with Crippen molar-refractivity contribution in [3.63, 3.8) is 0 Å². The van der Waals surface area contributed by atoms with Crippen molar-refractivity contribution in [3.05, 3.63) is 57.8 Å². The number of hydrogen-bond donors (Lipinski definition) is 2. The quantitative estimate of drug-likeness (QED) is 0.761. The smallest absolute Gasteiger partial charge is 0.271 e. The van der Waals surface area contributed by atoms with E-state index in [4.69, 9.17) is 0 Å². The lowest BCUT2D eigenvalue weighted by atomic mass is 10.1. The van der Waals surface area contributed by atoms with Crippen LogP contribution in [0.25, 0.3) is 10.8 Å². The molecule has 1 fully saturated rings. The van der Waals surface area contributed by atoms with Crippen molar-refractivity contribution in [2.24, 2.45) is 0 Å². The van der Waals surface area contributed by atoms with Gasteiger partial charge in [0.1, 0.15) is 4.21 Å². The molecule has 0 aliphatic heterocycles. The molecule has 3 aromatic rings. The van der Waals surface area contributed by atoms with Crippen LogP contribution in [0.5, 0.6) is 0 Å². The standard InChI is InChI=1S/C16H14N2O3S2/c19-15-13-2-1-3-14(12(13)6-8-17-15)18-23(20,21)16-11(7-9-22-16)10-4-5-10/h1-3,6-10,18H,4-5H2,(H,17,19). The Kier molecular flexibility index (Phi) is 3.28. The predicted molar refractivity (Wildman–Crippen MR) is 91.7 cm³/mol. The van der Waals surface area contributed by atoms with Gasteiger partial charge in [0.05, 0.1) is 5.69 Å². The van der Waals surface area contributed by atoms with Gasteiger partial charge in [-0.3, -0.25) is 9.52 Å². The van der Waals surface area contributed by atoms with Crippen LogP contribution in [0, 0.1) is 0 Å². The SMILES string of the molecule is O=c1[nH]ccc2c(NS(=O)(=O)c3sccc3C3CC3)cccc12. The third kappa shape index (κ3) is 2.55. The van der Waals surface area contributed by atoms with E-state index >= 15 is 0 Å². The summed E-state index contributed by atoms with van der Waals surface area (Å²) in [6.07, 6.45) is 3.61. The molecule has 2 N–H and O–H groups in total. The molecule has 1 aliphatic carbocycles. The molecule has 1 aromatic carbocycles. The summed E-state index contributed by atoms with van der Waals surface area (Å²) in [7, 11) is -3.65. The van der Waals surface area contributed by atoms with Crippen molar-refractivity contribution in [1.82, 2.24) is 4.98 Å². The highest BCUT2D eigenvalue weighted by atomic mass is 32.2. The Morgan fingerprint density at radius 2 is 1.96 bits per heavy atom. The number of fused-ring (bicyclic) bond motifs is 1.